The van der Waals surface area contributed by atoms with E-state index in [4.69, 9.17) is 38.5 Å². The molecule has 2 N–H and O–H groups in total. The highest BCUT2D eigenvalue weighted by molar-refractivity contribution is 7.80. The van der Waals surface area contributed by atoms with Crippen LogP contribution in [0.4, 0.5) is 17.6 Å². The lowest BCUT2D eigenvalue weighted by Crippen LogP contribution is -2.45. The molecule has 7 nitrogen and oxygen atoms in total. The van der Waals surface area contributed by atoms with Crippen molar-refractivity contribution in [1.29, 1.82) is 0 Å². The molecule has 0 radical (unpaired) electrons. The Hall–Kier alpha value is -2.16. The van der Waals surface area contributed by atoms with Gasteiger partial charge in [-0.05, 0) is 81.8 Å². The molecule has 3 aliphatic heterocycles. The molecule has 0 aliphatic carbocycles. The Morgan fingerprint density at radius 2 is 1.76 bits per heavy atom. The normalized spacial score (nSPS) is 22.0. The first kappa shape index (κ1) is 27.4. The van der Waals surface area contributed by atoms with Gasteiger partial charge < -0.3 is 25.2 Å². The number of piperidine rings is 1. The fourth-order valence-electron chi connectivity index (χ4n) is 6.07. The van der Waals surface area contributed by atoms with Crippen LogP contribution in [0.25, 0.3) is 0 Å². The van der Waals surface area contributed by atoms with E-state index in [0.717, 1.165) is 62.3 Å². The summed E-state index contributed by atoms with van der Waals surface area (Å²) in [5.74, 6) is 2.57. The molecule has 0 saturated carbocycles. The van der Waals surface area contributed by atoms with Gasteiger partial charge in [-0.1, -0.05) is 36.6 Å². The number of rotatable bonds is 6. The van der Waals surface area contributed by atoms with Crippen molar-refractivity contribution >= 4 is 46.5 Å². The molecule has 1 aromatic heterocycles. The third-order valence-corrected chi connectivity index (χ3v) is 8.91. The molecule has 206 valence electrons. The predicted octanol–water partition coefficient (Wildman–Crippen LogP) is 5.92. The van der Waals surface area contributed by atoms with Crippen LogP contribution >= 0.6 is 23.8 Å². The van der Waals surface area contributed by atoms with Gasteiger partial charge in [0.25, 0.3) is 0 Å². The Bertz CT molecular complexity index is 1090. The number of ether oxygens (including phenoxy) is 1. The summed E-state index contributed by atoms with van der Waals surface area (Å²) in [6.45, 7) is 7.57. The molecule has 1 unspecified atom stereocenters. The van der Waals surface area contributed by atoms with Gasteiger partial charge in [0.1, 0.15) is 11.6 Å². The highest BCUT2D eigenvalue weighted by atomic mass is 35.5. The zero-order valence-electron chi connectivity index (χ0n) is 22.6. The van der Waals surface area contributed by atoms with E-state index in [-0.39, 0.29) is 5.41 Å². The number of thiocarbonyl (C=S) groups is 1. The number of hydrogen-bond acceptors (Lipinski definition) is 6. The van der Waals surface area contributed by atoms with Gasteiger partial charge in [-0.15, -0.1) is 0 Å². The first-order valence-electron chi connectivity index (χ1n) is 14.3. The second kappa shape index (κ2) is 12.8. The van der Waals surface area contributed by atoms with Crippen LogP contribution < -0.4 is 20.4 Å². The molecular weight excluding hydrogens is 516 g/mol. The zero-order valence-corrected chi connectivity index (χ0v) is 24.1. The molecule has 1 aromatic carbocycles. The van der Waals surface area contributed by atoms with Gasteiger partial charge >= 0.3 is 0 Å². The molecule has 1 atom stereocenters. The Morgan fingerprint density at radius 1 is 1.03 bits per heavy atom. The number of hydrogen-bond donors (Lipinski definition) is 2. The van der Waals surface area contributed by atoms with E-state index in [1.807, 2.05) is 12.1 Å². The van der Waals surface area contributed by atoms with Crippen molar-refractivity contribution in [1.82, 2.24) is 15.3 Å². The molecule has 0 amide bonds. The molecular formula is C29H41ClN6OS. The maximum Gasteiger partial charge on any atom is 0.232 e. The molecule has 5 rings (SSSR count). The van der Waals surface area contributed by atoms with Gasteiger partial charge in [0, 0.05) is 61.9 Å². The lowest BCUT2D eigenvalue weighted by atomic mass is 9.74. The van der Waals surface area contributed by atoms with Crippen molar-refractivity contribution in [3.63, 3.8) is 0 Å². The fraction of sp³-hybridized carbons (Fsp3) is 0.621. The van der Waals surface area contributed by atoms with Crippen LogP contribution in [-0.2, 0) is 10.2 Å². The van der Waals surface area contributed by atoms with Crippen molar-refractivity contribution in [2.75, 3.05) is 54.5 Å². The first-order valence-corrected chi connectivity index (χ1v) is 15.1. The van der Waals surface area contributed by atoms with Gasteiger partial charge in [0.15, 0.2) is 5.11 Å². The Balaban J connectivity index is 1.34. The van der Waals surface area contributed by atoms with E-state index in [0.29, 0.717) is 23.6 Å². The first-order chi connectivity index (χ1) is 18.5. The average molecular weight is 557 g/mol. The van der Waals surface area contributed by atoms with Crippen molar-refractivity contribution in [2.24, 2.45) is 0 Å². The van der Waals surface area contributed by atoms with E-state index in [2.05, 4.69) is 45.6 Å². The number of nitrogens with one attached hydrogen (secondary N) is 2. The number of anilines is 3. The summed E-state index contributed by atoms with van der Waals surface area (Å²) in [4.78, 5) is 14.8. The minimum atomic E-state index is -0.0853. The summed E-state index contributed by atoms with van der Waals surface area (Å²) in [5.41, 5.74) is 1.14. The fourth-order valence-corrected chi connectivity index (χ4v) is 6.42. The summed E-state index contributed by atoms with van der Waals surface area (Å²) < 4.78 is 5.70. The van der Waals surface area contributed by atoms with Crippen LogP contribution in [0.5, 0.6) is 0 Å². The predicted molar refractivity (Wildman–Crippen MR) is 161 cm³/mol. The smallest absolute Gasteiger partial charge is 0.232 e. The van der Waals surface area contributed by atoms with Crippen LogP contribution in [0.1, 0.15) is 70.3 Å². The van der Waals surface area contributed by atoms with Gasteiger partial charge in [-0.2, -0.15) is 9.97 Å². The summed E-state index contributed by atoms with van der Waals surface area (Å²) in [5, 5.41) is 8.13. The maximum atomic E-state index is 6.36. The van der Waals surface area contributed by atoms with Crippen molar-refractivity contribution in [3.8, 4) is 0 Å². The number of nitrogens with zero attached hydrogens (tertiary/aromatic N) is 4. The lowest BCUT2D eigenvalue weighted by molar-refractivity contribution is 0.0515. The second-order valence-corrected chi connectivity index (χ2v) is 11.9. The number of benzene rings is 1. The van der Waals surface area contributed by atoms with E-state index in [1.54, 1.807) is 0 Å². The Morgan fingerprint density at radius 3 is 2.50 bits per heavy atom. The summed E-state index contributed by atoms with van der Waals surface area (Å²) in [6.07, 6.45) is 10.5. The minimum Gasteiger partial charge on any atom is -0.381 e. The van der Waals surface area contributed by atoms with Crippen molar-refractivity contribution < 1.29 is 4.74 Å². The monoisotopic (exact) mass is 556 g/mol. The summed E-state index contributed by atoms with van der Waals surface area (Å²) in [7, 11) is 0. The van der Waals surface area contributed by atoms with E-state index >= 15 is 0 Å². The van der Waals surface area contributed by atoms with Crippen LogP contribution in [0.3, 0.4) is 0 Å². The number of aromatic nitrogens is 2. The van der Waals surface area contributed by atoms with Gasteiger partial charge in [-0.25, -0.2) is 0 Å². The maximum absolute atomic E-state index is 6.36. The third kappa shape index (κ3) is 6.69. The molecule has 4 heterocycles. The number of halogens is 1. The van der Waals surface area contributed by atoms with Crippen LogP contribution in [0.2, 0.25) is 5.02 Å². The highest BCUT2D eigenvalue weighted by Crippen LogP contribution is 2.35. The van der Waals surface area contributed by atoms with E-state index in [1.165, 1.54) is 50.5 Å². The molecule has 3 saturated heterocycles. The molecule has 2 aromatic rings. The van der Waals surface area contributed by atoms with Gasteiger partial charge in [0.2, 0.25) is 5.95 Å². The minimum absolute atomic E-state index is 0.0853. The molecule has 3 fully saturated rings. The van der Waals surface area contributed by atoms with E-state index in [9.17, 15) is 0 Å². The van der Waals surface area contributed by atoms with Crippen molar-refractivity contribution in [3.05, 3.63) is 40.9 Å². The zero-order chi connectivity index (χ0) is 26.4. The third-order valence-electron chi connectivity index (χ3n) is 8.43. The van der Waals surface area contributed by atoms with Crippen LogP contribution in [0.15, 0.2) is 30.3 Å². The van der Waals surface area contributed by atoms with Crippen LogP contribution in [-0.4, -0.2) is 60.5 Å². The van der Waals surface area contributed by atoms with Crippen LogP contribution in [0, 0.1) is 0 Å². The Labute approximate surface area is 237 Å². The summed E-state index contributed by atoms with van der Waals surface area (Å²) in [6, 6.07) is 10.8. The quantitative estimate of drug-likeness (QED) is 0.425. The second-order valence-electron chi connectivity index (χ2n) is 11.1. The summed E-state index contributed by atoms with van der Waals surface area (Å²) >= 11 is 12.1. The largest absolute Gasteiger partial charge is 0.381 e. The van der Waals surface area contributed by atoms with E-state index < -0.39 is 0 Å². The molecule has 38 heavy (non-hydrogen) atoms. The topological polar surface area (TPSA) is 65.5 Å². The SMILES string of the molecule is CC1CCCCN1c1cc(N2CCCCCC2)nc(NC(=S)NCC2(c3cccc(Cl)c3)CCOCC2)n1. The highest BCUT2D eigenvalue weighted by Gasteiger charge is 2.35. The molecule has 0 spiro atoms. The molecule has 0 bridgehead atoms. The van der Waals surface area contributed by atoms with Gasteiger partial charge in [0.05, 0.1) is 0 Å². The molecule has 3 aliphatic rings. The van der Waals surface area contributed by atoms with Crippen molar-refractivity contribution in [2.45, 2.75) is 76.2 Å². The average Bonchev–Trinajstić information content (AvgIpc) is 3.22. The van der Waals surface area contributed by atoms with Gasteiger partial charge in [-0.3, -0.25) is 0 Å². The lowest BCUT2D eigenvalue weighted by Gasteiger charge is -2.38. The Kier molecular flexibility index (Phi) is 9.23. The molecule has 9 heteroatoms. The standard InChI is InChI=1S/C29H41ClN6OS/c1-22-9-4-7-16-36(22)26-20-25(35-14-5-2-3-6-15-35)32-27(33-26)34-28(38)31-21-29(12-17-37-18-13-29)23-10-8-11-24(30)19-23/h8,10-11,19-20,22H,2-7,9,12-18,21H2,1H3,(H2,31,32,33,34,38).